The number of anilines is 1. The van der Waals surface area contributed by atoms with E-state index in [1.54, 1.807) is 47.9 Å². The van der Waals surface area contributed by atoms with Gasteiger partial charge in [-0.25, -0.2) is 15.0 Å². The number of amides is 4. The Balaban J connectivity index is 0.848. The van der Waals surface area contributed by atoms with E-state index in [0.717, 1.165) is 32.9 Å². The van der Waals surface area contributed by atoms with Gasteiger partial charge in [0.15, 0.2) is 11.6 Å². The topological polar surface area (TPSA) is 218 Å². The van der Waals surface area contributed by atoms with Crippen LogP contribution in [-0.4, -0.2) is 94.7 Å². The predicted octanol–water partition coefficient (Wildman–Crippen LogP) is 5.21. The van der Waals surface area contributed by atoms with Crippen molar-refractivity contribution in [3.8, 4) is 27.7 Å². The van der Waals surface area contributed by atoms with Crippen LogP contribution < -0.4 is 26.0 Å². The Labute approximate surface area is 387 Å². The van der Waals surface area contributed by atoms with E-state index in [0.29, 0.717) is 41.6 Å². The van der Waals surface area contributed by atoms with E-state index in [1.165, 1.54) is 11.2 Å². The van der Waals surface area contributed by atoms with Gasteiger partial charge in [-0.15, -0.1) is 21.5 Å². The average Bonchev–Trinajstić information content (AvgIpc) is 4.04. The van der Waals surface area contributed by atoms with Crippen LogP contribution in [0.3, 0.4) is 0 Å². The molecule has 344 valence electrons. The highest BCUT2D eigenvalue weighted by molar-refractivity contribution is 7.13. The zero-order chi connectivity index (χ0) is 46.8. The number of hydrogen-bond acceptors (Lipinski definition) is 13. The Hall–Kier alpha value is -7.05. The number of nitrogens with zero attached hydrogens (tertiary/aromatic N) is 7. The van der Waals surface area contributed by atoms with Crippen LogP contribution in [0.5, 0.6) is 5.75 Å². The van der Waals surface area contributed by atoms with E-state index in [-0.39, 0.29) is 56.8 Å². The third kappa shape index (κ3) is 12.0. The molecule has 1 saturated heterocycles. The molecule has 3 aromatic carbocycles. The van der Waals surface area contributed by atoms with E-state index < -0.39 is 29.5 Å². The highest BCUT2D eigenvalue weighted by atomic mass is 32.1. The number of aliphatic hydroxyl groups is 1. The van der Waals surface area contributed by atoms with Crippen molar-refractivity contribution in [3.05, 3.63) is 125 Å². The van der Waals surface area contributed by atoms with E-state index in [1.807, 2.05) is 93.4 Å². The van der Waals surface area contributed by atoms with Crippen LogP contribution in [0.25, 0.3) is 22.0 Å². The number of aliphatic hydroxyl groups excluding tert-OH is 1. The van der Waals surface area contributed by atoms with E-state index in [9.17, 15) is 24.3 Å². The number of rotatable bonds is 18. The van der Waals surface area contributed by atoms with Crippen molar-refractivity contribution < 1.29 is 29.0 Å². The second-order valence-electron chi connectivity index (χ2n) is 17.3. The second-order valence-corrected chi connectivity index (χ2v) is 18.1. The number of nitrogens with one attached hydrogen (secondary N) is 4. The number of β-amino-alcohol motifs (C(OH)–C–C–N with tert-alkyl or cyclic N) is 1. The smallest absolute Gasteiger partial charge is 0.251 e. The highest BCUT2D eigenvalue weighted by Crippen LogP contribution is 2.29. The van der Waals surface area contributed by atoms with Gasteiger partial charge in [-0.2, -0.15) is 0 Å². The minimum Gasteiger partial charge on any atom is -0.494 e. The van der Waals surface area contributed by atoms with Crippen molar-refractivity contribution in [3.63, 3.8) is 0 Å². The standard InChI is InChI=1S/C48H55N11O6S/c1-30-42(66-29-54-30)33-16-14-31(15-17-33)24-52-46(63)39-23-36(60)27-59(39)47(64)43(48(2,3)4)55-41(61)13-8-20-65-37-12-6-9-32(21-37)25-51-45(62)34-10-7-11-35(22-34)50-26-40-56-57-44(58(40)5)38-18-19-49-28-53-38/h6-7,9-12,14-19,21-22,28-29,36,39,43,50,60H,8,13,20,23-27H2,1-5H3,(H,51,62)(H,52,63)(H,55,61)/t36-,39+,43-/m1/s1. The Morgan fingerprint density at radius 2 is 1.71 bits per heavy atom. The largest absolute Gasteiger partial charge is 0.494 e. The number of likely N-dealkylation sites (tertiary alicyclic amines) is 1. The Morgan fingerprint density at radius 3 is 2.45 bits per heavy atom. The molecule has 3 aromatic heterocycles. The number of ether oxygens (including phenoxy) is 1. The molecule has 17 nitrogen and oxygen atoms in total. The molecule has 5 N–H and O–H groups in total. The van der Waals surface area contributed by atoms with Crippen molar-refractivity contribution >= 4 is 40.7 Å². The van der Waals surface area contributed by atoms with Gasteiger partial charge in [0.05, 0.1) is 35.3 Å². The fraction of sp³-hybridized carbons (Fsp3) is 0.354. The summed E-state index contributed by atoms with van der Waals surface area (Å²) >= 11 is 1.57. The fourth-order valence-corrected chi connectivity index (χ4v) is 8.39. The lowest BCUT2D eigenvalue weighted by Gasteiger charge is -2.35. The zero-order valence-electron chi connectivity index (χ0n) is 37.7. The third-order valence-corrected chi connectivity index (χ3v) is 12.2. The van der Waals surface area contributed by atoms with Gasteiger partial charge >= 0.3 is 0 Å². The summed E-state index contributed by atoms with van der Waals surface area (Å²) in [6, 6.07) is 22.4. The van der Waals surface area contributed by atoms with Gasteiger partial charge in [-0.3, -0.25) is 19.2 Å². The van der Waals surface area contributed by atoms with Crippen LogP contribution >= 0.6 is 11.3 Å². The van der Waals surface area contributed by atoms with Gasteiger partial charge in [0.1, 0.15) is 29.9 Å². The van der Waals surface area contributed by atoms with Crippen molar-refractivity contribution in [1.82, 2.24) is 50.6 Å². The van der Waals surface area contributed by atoms with Gasteiger partial charge < -0.3 is 40.6 Å². The molecule has 0 saturated carbocycles. The summed E-state index contributed by atoms with van der Waals surface area (Å²) < 4.78 is 7.82. The molecule has 18 heteroatoms. The summed E-state index contributed by atoms with van der Waals surface area (Å²) in [5.41, 5.74) is 6.76. The summed E-state index contributed by atoms with van der Waals surface area (Å²) in [6.07, 6.45) is 2.81. The highest BCUT2D eigenvalue weighted by Gasteiger charge is 2.44. The van der Waals surface area contributed by atoms with Gasteiger partial charge in [0, 0.05) is 57.0 Å². The minimum absolute atomic E-state index is 0.0109. The number of thiazole rings is 1. The third-order valence-electron chi connectivity index (χ3n) is 11.2. The quantitative estimate of drug-likeness (QED) is 0.0702. The van der Waals surface area contributed by atoms with Crippen molar-refractivity contribution in [1.29, 1.82) is 0 Å². The molecule has 0 spiro atoms. The molecule has 1 aliphatic rings. The molecular formula is C48H55N11O6S. The summed E-state index contributed by atoms with van der Waals surface area (Å²) in [4.78, 5) is 68.9. The number of carbonyl (C=O) groups is 4. The molecule has 0 unspecified atom stereocenters. The van der Waals surface area contributed by atoms with Crippen LogP contribution in [0, 0.1) is 12.3 Å². The van der Waals surface area contributed by atoms with Gasteiger partial charge in [-0.1, -0.05) is 63.2 Å². The van der Waals surface area contributed by atoms with E-state index in [2.05, 4.69) is 46.4 Å². The predicted molar refractivity (Wildman–Crippen MR) is 250 cm³/mol. The number of aromatic nitrogens is 6. The monoisotopic (exact) mass is 913 g/mol. The Bertz CT molecular complexity index is 2630. The summed E-state index contributed by atoms with van der Waals surface area (Å²) in [6.45, 7) is 8.65. The molecule has 1 aliphatic heterocycles. The maximum absolute atomic E-state index is 14.1. The molecule has 3 atom stereocenters. The number of carbonyl (C=O) groups excluding carboxylic acids is 4. The van der Waals surface area contributed by atoms with Gasteiger partial charge in [-0.05, 0) is 71.8 Å². The van der Waals surface area contributed by atoms with Crippen LogP contribution in [0.1, 0.15) is 73.0 Å². The maximum Gasteiger partial charge on any atom is 0.251 e. The first-order chi connectivity index (χ1) is 31.7. The van der Waals surface area contributed by atoms with Gasteiger partial charge in [0.25, 0.3) is 5.91 Å². The summed E-state index contributed by atoms with van der Waals surface area (Å²) in [5, 5.41) is 31.2. The molecule has 7 rings (SSSR count). The first-order valence-electron chi connectivity index (χ1n) is 21.8. The first kappa shape index (κ1) is 46.9. The second kappa shape index (κ2) is 21.3. The van der Waals surface area contributed by atoms with Crippen molar-refractivity contribution in [2.45, 2.75) is 84.8 Å². The molecule has 0 bridgehead atoms. The minimum atomic E-state index is -0.936. The molecule has 4 heterocycles. The van der Waals surface area contributed by atoms with E-state index in [4.69, 9.17) is 4.74 Å². The SMILES string of the molecule is Cc1ncsc1-c1ccc(CNC(=O)[C@@H]2C[C@@H](O)CN2C(=O)[C@@H](NC(=O)CCCOc2cccc(CNC(=O)c3cccc(NCc4nnc(-c5ccncn5)n4C)c3)c2)C(C)(C)C)cc1. The number of hydrogen-bond donors (Lipinski definition) is 5. The molecule has 1 fully saturated rings. The normalized spacial score (nSPS) is 15.2. The lowest BCUT2D eigenvalue weighted by molar-refractivity contribution is -0.144. The molecule has 0 radical (unpaired) electrons. The molecule has 4 amide bonds. The molecule has 6 aromatic rings. The summed E-state index contributed by atoms with van der Waals surface area (Å²) in [7, 11) is 1.86. The molecule has 66 heavy (non-hydrogen) atoms. The summed E-state index contributed by atoms with van der Waals surface area (Å²) in [5.74, 6) is 0.538. The van der Waals surface area contributed by atoms with Crippen molar-refractivity contribution in [2.75, 3.05) is 18.5 Å². The Kier molecular flexibility index (Phi) is 15.1. The van der Waals surface area contributed by atoms with Crippen LogP contribution in [0.2, 0.25) is 0 Å². The van der Waals surface area contributed by atoms with Crippen LogP contribution in [-0.2, 0) is 41.1 Å². The number of benzene rings is 3. The van der Waals surface area contributed by atoms with Gasteiger partial charge in [0.2, 0.25) is 17.7 Å². The fourth-order valence-electron chi connectivity index (χ4n) is 7.58. The molecular weight excluding hydrogens is 859 g/mol. The van der Waals surface area contributed by atoms with Crippen LogP contribution in [0.4, 0.5) is 5.69 Å². The zero-order valence-corrected chi connectivity index (χ0v) is 38.5. The lowest BCUT2D eigenvalue weighted by atomic mass is 9.85. The first-order valence-corrected chi connectivity index (χ1v) is 22.6. The average molecular weight is 914 g/mol. The number of aryl methyl sites for hydroxylation is 1. The van der Waals surface area contributed by atoms with Crippen molar-refractivity contribution in [2.24, 2.45) is 12.5 Å². The van der Waals surface area contributed by atoms with Crippen LogP contribution in [0.15, 0.2) is 96.9 Å². The molecule has 0 aliphatic carbocycles. The Morgan fingerprint density at radius 1 is 0.924 bits per heavy atom. The lowest BCUT2D eigenvalue weighted by Crippen LogP contribution is -2.57. The maximum atomic E-state index is 14.1. The van der Waals surface area contributed by atoms with E-state index >= 15 is 0 Å².